The number of ether oxygens (including phenoxy) is 1. The summed E-state index contributed by atoms with van der Waals surface area (Å²) in [6, 6.07) is 11.3. The van der Waals surface area contributed by atoms with E-state index in [0.29, 0.717) is 10.6 Å². The molecule has 3 rings (SSSR count). The Labute approximate surface area is 167 Å². The average molecular weight is 401 g/mol. The van der Waals surface area contributed by atoms with Crippen LogP contribution in [0.1, 0.15) is 28.9 Å². The summed E-state index contributed by atoms with van der Waals surface area (Å²) in [6.45, 7) is 1.10. The number of hydrogen-bond acceptors (Lipinski definition) is 5. The van der Waals surface area contributed by atoms with Gasteiger partial charge in [0.15, 0.2) is 6.61 Å². The van der Waals surface area contributed by atoms with Crippen molar-refractivity contribution in [3.63, 3.8) is 0 Å². The van der Waals surface area contributed by atoms with E-state index in [0.717, 1.165) is 42.8 Å². The molecule has 0 unspecified atom stereocenters. The Kier molecular flexibility index (Phi) is 6.65. The summed E-state index contributed by atoms with van der Waals surface area (Å²) in [5.74, 6) is -0.839. The molecule has 28 heavy (non-hydrogen) atoms. The summed E-state index contributed by atoms with van der Waals surface area (Å²) in [6.07, 6.45) is 3.14. The van der Waals surface area contributed by atoms with E-state index in [2.05, 4.69) is 5.32 Å². The molecule has 3 amide bonds. The Morgan fingerprint density at radius 1 is 1.11 bits per heavy atom. The highest BCUT2D eigenvalue weighted by molar-refractivity contribution is 7.17. The van der Waals surface area contributed by atoms with Crippen molar-refractivity contribution in [2.24, 2.45) is 5.73 Å². The lowest BCUT2D eigenvalue weighted by Gasteiger charge is -2.26. The van der Waals surface area contributed by atoms with Gasteiger partial charge >= 0.3 is 0 Å². The van der Waals surface area contributed by atoms with E-state index in [1.807, 2.05) is 30.3 Å². The fourth-order valence-corrected chi connectivity index (χ4v) is 4.03. The van der Waals surface area contributed by atoms with Crippen LogP contribution in [0, 0.1) is 0 Å². The predicted octanol–water partition coefficient (Wildman–Crippen LogP) is 2.02. The van der Waals surface area contributed by atoms with Gasteiger partial charge in [0.1, 0.15) is 10.6 Å². The molecule has 0 saturated carbocycles. The van der Waals surface area contributed by atoms with Gasteiger partial charge in [0.05, 0.1) is 6.54 Å². The minimum absolute atomic E-state index is 0.0874. The molecular weight excluding hydrogens is 378 g/mol. The molecule has 0 spiro atoms. The van der Waals surface area contributed by atoms with Gasteiger partial charge in [-0.25, -0.2) is 0 Å². The van der Waals surface area contributed by atoms with Crippen LogP contribution in [0.4, 0.5) is 0 Å². The molecule has 1 aromatic heterocycles. The van der Waals surface area contributed by atoms with Gasteiger partial charge in [0.25, 0.3) is 11.8 Å². The van der Waals surface area contributed by atoms with Crippen LogP contribution in [-0.2, 0) is 9.59 Å². The molecule has 0 radical (unpaired) electrons. The van der Waals surface area contributed by atoms with Gasteiger partial charge in [-0.2, -0.15) is 0 Å². The molecule has 1 aliphatic heterocycles. The van der Waals surface area contributed by atoms with E-state index in [9.17, 15) is 14.4 Å². The van der Waals surface area contributed by atoms with E-state index >= 15 is 0 Å². The average Bonchev–Trinajstić information content (AvgIpc) is 3.16. The molecule has 2 aromatic rings. The molecule has 8 heteroatoms. The zero-order chi connectivity index (χ0) is 19.9. The number of carbonyl (C=O) groups is 3. The molecule has 148 valence electrons. The third-order valence-electron chi connectivity index (χ3n) is 4.45. The van der Waals surface area contributed by atoms with Gasteiger partial charge in [-0.05, 0) is 30.9 Å². The Bertz CT molecular complexity index is 844. The van der Waals surface area contributed by atoms with Crippen LogP contribution in [0.5, 0.6) is 5.75 Å². The fraction of sp³-hybridized carbons (Fsp3) is 0.350. The summed E-state index contributed by atoms with van der Waals surface area (Å²) in [5, 5.41) is 2.48. The second-order valence-electron chi connectivity index (χ2n) is 6.55. The minimum Gasteiger partial charge on any atom is -0.482 e. The van der Waals surface area contributed by atoms with Gasteiger partial charge in [0, 0.05) is 18.0 Å². The van der Waals surface area contributed by atoms with Crippen molar-refractivity contribution >= 4 is 29.1 Å². The zero-order valence-corrected chi connectivity index (χ0v) is 16.3. The maximum atomic E-state index is 12.5. The summed E-state index contributed by atoms with van der Waals surface area (Å²) < 4.78 is 5.72. The van der Waals surface area contributed by atoms with Crippen LogP contribution in [0.25, 0.3) is 10.4 Å². The maximum Gasteiger partial charge on any atom is 0.265 e. The first-order valence-corrected chi connectivity index (χ1v) is 10.0. The summed E-state index contributed by atoms with van der Waals surface area (Å²) in [5.41, 5.74) is 6.04. The maximum absolute atomic E-state index is 12.5. The van der Waals surface area contributed by atoms with E-state index < -0.39 is 11.8 Å². The van der Waals surface area contributed by atoms with Crippen molar-refractivity contribution in [1.82, 2.24) is 10.2 Å². The first-order valence-electron chi connectivity index (χ1n) is 9.21. The van der Waals surface area contributed by atoms with Gasteiger partial charge in [0.2, 0.25) is 5.91 Å². The van der Waals surface area contributed by atoms with Gasteiger partial charge in [-0.1, -0.05) is 30.3 Å². The lowest BCUT2D eigenvalue weighted by molar-refractivity contribution is -0.134. The summed E-state index contributed by atoms with van der Waals surface area (Å²) >= 11 is 1.25. The lowest BCUT2D eigenvalue weighted by atomic mass is 10.1. The van der Waals surface area contributed by atoms with Crippen LogP contribution in [-0.4, -0.2) is 48.9 Å². The number of benzene rings is 1. The first kappa shape index (κ1) is 19.9. The first-order chi connectivity index (χ1) is 13.5. The van der Waals surface area contributed by atoms with E-state index in [-0.39, 0.29) is 19.1 Å². The normalized spacial score (nSPS) is 13.8. The topological polar surface area (TPSA) is 102 Å². The molecule has 1 fully saturated rings. The van der Waals surface area contributed by atoms with Crippen LogP contribution in [0.3, 0.4) is 0 Å². The van der Waals surface area contributed by atoms with Crippen LogP contribution in [0.15, 0.2) is 36.4 Å². The Balaban J connectivity index is 1.76. The number of thiophene rings is 1. The van der Waals surface area contributed by atoms with Crippen molar-refractivity contribution in [1.29, 1.82) is 0 Å². The second-order valence-corrected chi connectivity index (χ2v) is 7.60. The van der Waals surface area contributed by atoms with Crippen molar-refractivity contribution in [2.45, 2.75) is 19.3 Å². The SMILES string of the molecule is NC(=O)CNC(=O)c1sc(-c2ccccc2)cc1OCC(=O)N1CCCCC1. The third kappa shape index (κ3) is 5.10. The van der Waals surface area contributed by atoms with Crippen molar-refractivity contribution in [3.05, 3.63) is 41.3 Å². The van der Waals surface area contributed by atoms with Crippen LogP contribution in [0.2, 0.25) is 0 Å². The molecule has 0 aliphatic carbocycles. The molecule has 0 bridgehead atoms. The molecule has 1 aliphatic rings. The van der Waals surface area contributed by atoms with Crippen LogP contribution >= 0.6 is 11.3 Å². The number of nitrogens with zero attached hydrogens (tertiary/aromatic N) is 1. The molecule has 1 aromatic carbocycles. The lowest BCUT2D eigenvalue weighted by Crippen LogP contribution is -2.38. The van der Waals surface area contributed by atoms with E-state index in [1.54, 1.807) is 11.0 Å². The smallest absolute Gasteiger partial charge is 0.265 e. The molecule has 7 nitrogen and oxygen atoms in total. The monoisotopic (exact) mass is 401 g/mol. The molecular formula is C20H23N3O4S. The molecule has 0 atom stereocenters. The highest BCUT2D eigenvalue weighted by atomic mass is 32.1. The largest absolute Gasteiger partial charge is 0.482 e. The fourth-order valence-electron chi connectivity index (χ4n) is 3.01. The van der Waals surface area contributed by atoms with Gasteiger partial charge in [-0.3, -0.25) is 14.4 Å². The van der Waals surface area contributed by atoms with E-state index in [4.69, 9.17) is 10.5 Å². The standard InChI is InChI=1S/C20H23N3O4S/c21-17(24)12-22-20(26)19-15(11-16(28-19)14-7-3-1-4-8-14)27-13-18(25)23-9-5-2-6-10-23/h1,3-4,7-8,11H,2,5-6,9-10,12-13H2,(H2,21,24)(H,22,26). The quantitative estimate of drug-likeness (QED) is 0.741. The summed E-state index contributed by atoms with van der Waals surface area (Å²) in [7, 11) is 0. The second kappa shape index (κ2) is 9.36. The number of primary amides is 1. The highest BCUT2D eigenvalue weighted by Gasteiger charge is 2.22. The van der Waals surface area contributed by atoms with Gasteiger partial charge < -0.3 is 20.7 Å². The predicted molar refractivity (Wildman–Crippen MR) is 107 cm³/mol. The number of rotatable bonds is 7. The van der Waals surface area contributed by atoms with Crippen molar-refractivity contribution < 1.29 is 19.1 Å². The third-order valence-corrected chi connectivity index (χ3v) is 5.61. The van der Waals surface area contributed by atoms with Crippen molar-refractivity contribution in [2.75, 3.05) is 26.2 Å². The zero-order valence-electron chi connectivity index (χ0n) is 15.5. The number of carbonyl (C=O) groups excluding carboxylic acids is 3. The number of amides is 3. The van der Waals surface area contributed by atoms with Gasteiger partial charge in [-0.15, -0.1) is 11.3 Å². The number of piperidine rings is 1. The molecule has 2 heterocycles. The minimum atomic E-state index is -0.629. The molecule has 3 N–H and O–H groups in total. The Hall–Kier alpha value is -2.87. The van der Waals surface area contributed by atoms with Crippen LogP contribution < -0.4 is 15.8 Å². The van der Waals surface area contributed by atoms with Crippen molar-refractivity contribution in [3.8, 4) is 16.2 Å². The Morgan fingerprint density at radius 2 is 1.82 bits per heavy atom. The highest BCUT2D eigenvalue weighted by Crippen LogP contribution is 2.36. The Morgan fingerprint density at radius 3 is 2.50 bits per heavy atom. The number of likely N-dealkylation sites (tertiary alicyclic amines) is 1. The van der Waals surface area contributed by atoms with E-state index in [1.165, 1.54) is 11.3 Å². The number of nitrogens with two attached hydrogens (primary N) is 1. The molecule has 1 saturated heterocycles. The number of nitrogens with one attached hydrogen (secondary N) is 1. The summed E-state index contributed by atoms with van der Waals surface area (Å²) in [4.78, 5) is 38.8. The number of hydrogen-bond donors (Lipinski definition) is 2.